The lowest BCUT2D eigenvalue weighted by atomic mass is 10.0. The standard InChI is InChI=1S/C25H18N2O3S2/c1-17-13-15-19(16-14-17)32(28,29)30-27-24(25-26-22-11-4-5-12-23(22)31-25)21-10-6-8-18-7-2-3-9-20(18)21/h2-16H,1H3/b27-24-. The zero-order valence-electron chi connectivity index (χ0n) is 17.1. The van der Waals surface area contributed by atoms with E-state index in [9.17, 15) is 8.42 Å². The Kier molecular flexibility index (Phi) is 5.20. The van der Waals surface area contributed by atoms with E-state index in [-0.39, 0.29) is 4.90 Å². The van der Waals surface area contributed by atoms with Gasteiger partial charge in [0.1, 0.15) is 15.6 Å². The molecule has 0 N–H and O–H groups in total. The van der Waals surface area contributed by atoms with Crippen molar-refractivity contribution < 1.29 is 12.7 Å². The molecule has 0 atom stereocenters. The quantitative estimate of drug-likeness (QED) is 0.242. The molecule has 5 nitrogen and oxygen atoms in total. The maximum Gasteiger partial charge on any atom is 0.358 e. The van der Waals surface area contributed by atoms with Crippen LogP contribution >= 0.6 is 11.3 Å². The van der Waals surface area contributed by atoms with Gasteiger partial charge in [0.2, 0.25) is 0 Å². The smallest absolute Gasteiger partial charge is 0.264 e. The van der Waals surface area contributed by atoms with Crippen LogP contribution in [0.1, 0.15) is 16.1 Å². The maximum absolute atomic E-state index is 12.8. The molecule has 0 amide bonds. The average molecular weight is 459 g/mol. The van der Waals surface area contributed by atoms with Gasteiger partial charge in [0.05, 0.1) is 10.2 Å². The zero-order chi connectivity index (χ0) is 22.1. The number of hydrogen-bond donors (Lipinski definition) is 0. The van der Waals surface area contributed by atoms with Crippen LogP contribution < -0.4 is 0 Å². The normalized spacial score (nSPS) is 12.3. The topological polar surface area (TPSA) is 68.6 Å². The number of para-hydroxylation sites is 1. The highest BCUT2D eigenvalue weighted by molar-refractivity contribution is 7.86. The largest absolute Gasteiger partial charge is 0.358 e. The van der Waals surface area contributed by atoms with E-state index < -0.39 is 10.1 Å². The van der Waals surface area contributed by atoms with Crippen molar-refractivity contribution in [3.63, 3.8) is 0 Å². The summed E-state index contributed by atoms with van der Waals surface area (Å²) in [6.07, 6.45) is 0. The van der Waals surface area contributed by atoms with Crippen molar-refractivity contribution in [3.05, 3.63) is 107 Å². The number of thiazole rings is 1. The van der Waals surface area contributed by atoms with Crippen LogP contribution in [0.15, 0.2) is 101 Å². The summed E-state index contributed by atoms with van der Waals surface area (Å²) in [6, 6.07) is 27.9. The van der Waals surface area contributed by atoms with Crippen LogP contribution in [-0.2, 0) is 14.4 Å². The van der Waals surface area contributed by atoms with Gasteiger partial charge < -0.3 is 0 Å². The number of oxime groups is 1. The van der Waals surface area contributed by atoms with Gasteiger partial charge in [-0.25, -0.2) is 4.98 Å². The fraction of sp³-hybridized carbons (Fsp3) is 0.0400. The third kappa shape index (κ3) is 3.88. The molecule has 0 radical (unpaired) electrons. The van der Waals surface area contributed by atoms with Gasteiger partial charge in [-0.05, 0) is 42.0 Å². The highest BCUT2D eigenvalue weighted by Gasteiger charge is 2.20. The van der Waals surface area contributed by atoms with Crippen molar-refractivity contribution in [3.8, 4) is 0 Å². The third-order valence-electron chi connectivity index (χ3n) is 5.08. The van der Waals surface area contributed by atoms with Gasteiger partial charge in [-0.15, -0.1) is 11.3 Å². The number of nitrogens with zero attached hydrogens (tertiary/aromatic N) is 2. The molecule has 0 saturated heterocycles. The van der Waals surface area contributed by atoms with Crippen LogP contribution in [0.3, 0.4) is 0 Å². The first-order valence-corrected chi connectivity index (χ1v) is 12.2. The molecule has 0 aliphatic heterocycles. The fourth-order valence-corrected chi connectivity index (χ4v) is 5.13. The number of benzene rings is 4. The summed E-state index contributed by atoms with van der Waals surface area (Å²) in [4.78, 5) is 4.74. The van der Waals surface area contributed by atoms with Gasteiger partial charge in [0, 0.05) is 5.56 Å². The predicted octanol–water partition coefficient (Wildman–Crippen LogP) is 5.92. The Labute approximate surface area is 189 Å². The lowest BCUT2D eigenvalue weighted by molar-refractivity contribution is 0.339. The summed E-state index contributed by atoms with van der Waals surface area (Å²) in [5, 5.41) is 6.69. The Balaban J connectivity index is 1.66. The van der Waals surface area contributed by atoms with Gasteiger partial charge in [0.25, 0.3) is 0 Å². The van der Waals surface area contributed by atoms with Gasteiger partial charge >= 0.3 is 10.1 Å². The number of aromatic nitrogens is 1. The Morgan fingerprint density at radius 1 is 0.875 bits per heavy atom. The molecule has 0 saturated carbocycles. The molecule has 0 bridgehead atoms. The molecule has 158 valence electrons. The van der Waals surface area contributed by atoms with Gasteiger partial charge in [-0.3, -0.25) is 4.28 Å². The minimum Gasteiger partial charge on any atom is -0.264 e. The maximum atomic E-state index is 12.8. The van der Waals surface area contributed by atoms with Crippen LogP contribution in [0.2, 0.25) is 0 Å². The molecule has 0 spiro atoms. The Bertz CT molecular complexity index is 1530. The van der Waals surface area contributed by atoms with Gasteiger partial charge in [0.15, 0.2) is 0 Å². The van der Waals surface area contributed by atoms with E-state index in [1.165, 1.54) is 23.5 Å². The predicted molar refractivity (Wildman–Crippen MR) is 129 cm³/mol. The molecule has 5 rings (SSSR count). The van der Waals surface area contributed by atoms with E-state index in [0.29, 0.717) is 10.7 Å². The molecule has 1 heterocycles. The SMILES string of the molecule is Cc1ccc(S(=O)(=O)O/N=C(\c2nc3ccccc3s2)c2cccc3ccccc23)cc1. The average Bonchev–Trinajstić information content (AvgIpc) is 3.23. The van der Waals surface area contributed by atoms with Crippen LogP contribution in [0, 0.1) is 6.92 Å². The summed E-state index contributed by atoms with van der Waals surface area (Å²) < 4.78 is 31.8. The van der Waals surface area contributed by atoms with E-state index >= 15 is 0 Å². The molecule has 32 heavy (non-hydrogen) atoms. The molecule has 4 aromatic carbocycles. The summed E-state index contributed by atoms with van der Waals surface area (Å²) in [5.41, 5.74) is 2.90. The zero-order valence-corrected chi connectivity index (χ0v) is 18.7. The summed E-state index contributed by atoms with van der Waals surface area (Å²) in [6.45, 7) is 1.89. The van der Waals surface area contributed by atoms with E-state index in [2.05, 4.69) is 5.16 Å². The van der Waals surface area contributed by atoms with E-state index in [4.69, 9.17) is 9.27 Å². The second kappa shape index (κ2) is 8.18. The molecule has 7 heteroatoms. The minimum atomic E-state index is -4.08. The second-order valence-corrected chi connectivity index (χ2v) is 9.85. The van der Waals surface area contributed by atoms with Crippen molar-refractivity contribution in [2.24, 2.45) is 5.16 Å². The summed E-state index contributed by atoms with van der Waals surface area (Å²) >= 11 is 1.44. The van der Waals surface area contributed by atoms with Crippen LogP contribution in [0.5, 0.6) is 0 Å². The van der Waals surface area contributed by atoms with Crippen molar-refractivity contribution in [2.75, 3.05) is 0 Å². The van der Waals surface area contributed by atoms with E-state index in [1.807, 2.05) is 73.7 Å². The third-order valence-corrected chi connectivity index (χ3v) is 7.24. The van der Waals surface area contributed by atoms with E-state index in [1.54, 1.807) is 12.1 Å². The fourth-order valence-electron chi connectivity index (χ4n) is 3.44. The van der Waals surface area contributed by atoms with Crippen molar-refractivity contribution in [2.45, 2.75) is 11.8 Å². The first-order valence-electron chi connectivity index (χ1n) is 9.94. The molecule has 0 aliphatic rings. The van der Waals surface area contributed by atoms with Gasteiger partial charge in [-0.1, -0.05) is 77.4 Å². The van der Waals surface area contributed by atoms with Gasteiger partial charge in [-0.2, -0.15) is 8.42 Å². The number of fused-ring (bicyclic) bond motifs is 2. The minimum absolute atomic E-state index is 0.0495. The second-order valence-electron chi connectivity index (χ2n) is 7.30. The molecule has 0 aliphatic carbocycles. The van der Waals surface area contributed by atoms with Crippen molar-refractivity contribution in [1.82, 2.24) is 4.98 Å². The lowest BCUT2D eigenvalue weighted by Gasteiger charge is -2.08. The molecular weight excluding hydrogens is 440 g/mol. The monoisotopic (exact) mass is 458 g/mol. The van der Waals surface area contributed by atoms with Crippen molar-refractivity contribution >= 4 is 48.2 Å². The number of hydrogen-bond acceptors (Lipinski definition) is 6. The molecular formula is C25H18N2O3S2. The Morgan fingerprint density at radius 3 is 2.41 bits per heavy atom. The van der Waals surface area contributed by atoms with Crippen LogP contribution in [-0.4, -0.2) is 19.1 Å². The lowest BCUT2D eigenvalue weighted by Crippen LogP contribution is -2.09. The molecule has 5 aromatic rings. The summed E-state index contributed by atoms with van der Waals surface area (Å²) in [5.74, 6) is 0. The highest BCUT2D eigenvalue weighted by Crippen LogP contribution is 2.28. The van der Waals surface area contributed by atoms with Crippen molar-refractivity contribution in [1.29, 1.82) is 0 Å². The van der Waals surface area contributed by atoms with Crippen LogP contribution in [0.4, 0.5) is 0 Å². The summed E-state index contributed by atoms with van der Waals surface area (Å²) in [7, 11) is -4.08. The number of aryl methyl sites for hydroxylation is 1. The van der Waals surface area contributed by atoms with E-state index in [0.717, 1.165) is 32.1 Å². The Morgan fingerprint density at radius 2 is 1.59 bits per heavy atom. The first kappa shape index (κ1) is 20.4. The molecule has 0 fully saturated rings. The first-order chi connectivity index (χ1) is 15.5. The van der Waals surface area contributed by atoms with Crippen LogP contribution in [0.25, 0.3) is 21.0 Å². The number of rotatable bonds is 5. The molecule has 1 aromatic heterocycles. The molecule has 0 unspecified atom stereocenters. The Hall–Kier alpha value is -3.55. The highest BCUT2D eigenvalue weighted by atomic mass is 32.2.